The zero-order chi connectivity index (χ0) is 15.1. The van der Waals surface area contributed by atoms with Gasteiger partial charge >= 0.3 is 0 Å². The van der Waals surface area contributed by atoms with Crippen LogP contribution < -0.4 is 5.73 Å². The topological polar surface area (TPSA) is 64.1 Å². The zero-order valence-electron chi connectivity index (χ0n) is 12.8. The van der Waals surface area contributed by atoms with E-state index >= 15 is 0 Å². The molecule has 0 radical (unpaired) electrons. The molecule has 0 bridgehead atoms. The van der Waals surface area contributed by atoms with Gasteiger partial charge in [-0.1, -0.05) is 0 Å². The first-order valence-corrected chi connectivity index (χ1v) is 8.27. The molecule has 2 aliphatic rings. The number of aromatic nitrogens is 2. The third-order valence-corrected chi connectivity index (χ3v) is 4.99. The monoisotopic (exact) mass is 298 g/mol. The van der Waals surface area contributed by atoms with Crippen molar-refractivity contribution >= 4 is 22.9 Å². The summed E-state index contributed by atoms with van der Waals surface area (Å²) in [7, 11) is 0. The Morgan fingerprint density at radius 3 is 2.50 bits per heavy atom. The minimum atomic E-state index is 0.154. The Labute approximate surface area is 130 Å². The highest BCUT2D eigenvalue weighted by atomic mass is 16.2. The van der Waals surface area contributed by atoms with E-state index < -0.39 is 0 Å². The van der Waals surface area contributed by atoms with Gasteiger partial charge in [0.15, 0.2) is 0 Å². The fourth-order valence-electron chi connectivity index (χ4n) is 3.74. The van der Waals surface area contributed by atoms with Crippen LogP contribution in [0, 0.1) is 0 Å². The van der Waals surface area contributed by atoms with Gasteiger partial charge in [-0.2, -0.15) is 0 Å². The Morgan fingerprint density at radius 1 is 1.09 bits per heavy atom. The average Bonchev–Trinajstić information content (AvgIpc) is 3.14. The van der Waals surface area contributed by atoms with Crippen LogP contribution in [0.25, 0.3) is 11.0 Å². The second-order valence-electron chi connectivity index (χ2n) is 6.46. The molecule has 2 N–H and O–H groups in total. The van der Waals surface area contributed by atoms with Crippen molar-refractivity contribution in [2.75, 3.05) is 18.8 Å². The highest BCUT2D eigenvalue weighted by Gasteiger charge is 2.21. The van der Waals surface area contributed by atoms with E-state index in [1.807, 2.05) is 9.47 Å². The highest BCUT2D eigenvalue weighted by molar-refractivity contribution is 5.84. The summed E-state index contributed by atoms with van der Waals surface area (Å²) in [6.07, 6.45) is 6.97. The summed E-state index contributed by atoms with van der Waals surface area (Å²) in [4.78, 5) is 18.8. The number of nitrogen functional groups attached to an aromatic ring is 1. The van der Waals surface area contributed by atoms with E-state index in [1.54, 1.807) is 0 Å². The van der Waals surface area contributed by atoms with Crippen LogP contribution in [-0.4, -0.2) is 33.4 Å². The maximum Gasteiger partial charge on any atom is 0.242 e. The molecule has 5 nitrogen and oxygen atoms in total. The summed E-state index contributed by atoms with van der Waals surface area (Å²) in [5.74, 6) is 0.603. The van der Waals surface area contributed by atoms with Gasteiger partial charge in [-0.15, -0.1) is 0 Å². The number of hydrogen-bond acceptors (Lipinski definition) is 3. The van der Waals surface area contributed by atoms with Crippen LogP contribution in [0.5, 0.6) is 0 Å². The Morgan fingerprint density at radius 2 is 1.77 bits per heavy atom. The quantitative estimate of drug-likeness (QED) is 0.923. The van der Waals surface area contributed by atoms with Crippen molar-refractivity contribution in [3.05, 3.63) is 23.3 Å². The molecule has 1 aliphatic carbocycles. The number of carbonyl (C=O) groups excluding carboxylic acids is 1. The maximum atomic E-state index is 12.4. The first-order valence-electron chi connectivity index (χ1n) is 8.27. The van der Waals surface area contributed by atoms with Gasteiger partial charge < -0.3 is 15.2 Å². The van der Waals surface area contributed by atoms with E-state index in [0.717, 1.165) is 49.8 Å². The minimum absolute atomic E-state index is 0.154. The van der Waals surface area contributed by atoms with Gasteiger partial charge in [-0.05, 0) is 61.8 Å². The van der Waals surface area contributed by atoms with E-state index in [9.17, 15) is 4.79 Å². The van der Waals surface area contributed by atoms with E-state index in [0.29, 0.717) is 12.5 Å². The van der Waals surface area contributed by atoms with Crippen molar-refractivity contribution in [1.82, 2.24) is 14.5 Å². The molecule has 0 spiro atoms. The van der Waals surface area contributed by atoms with Crippen molar-refractivity contribution in [1.29, 1.82) is 0 Å². The third kappa shape index (κ3) is 2.25. The minimum Gasteiger partial charge on any atom is -0.369 e. The van der Waals surface area contributed by atoms with E-state index in [2.05, 4.69) is 17.1 Å². The van der Waals surface area contributed by atoms with Crippen molar-refractivity contribution < 1.29 is 4.79 Å². The summed E-state index contributed by atoms with van der Waals surface area (Å²) in [6.45, 7) is 2.06. The fourth-order valence-corrected chi connectivity index (χ4v) is 3.74. The standard InChI is InChI=1S/C17H22N4O/c18-17-19-14-9-12-5-1-2-6-13(12)10-15(14)21(17)11-16(22)20-7-3-4-8-20/h9-10H,1-8,11H2,(H2,18,19). The lowest BCUT2D eigenvalue weighted by Gasteiger charge is -2.18. The van der Waals surface area contributed by atoms with Gasteiger partial charge in [0.05, 0.1) is 11.0 Å². The Kier molecular flexibility index (Phi) is 3.28. The number of nitrogens with zero attached hydrogens (tertiary/aromatic N) is 3. The molecule has 0 unspecified atom stereocenters. The number of fused-ring (bicyclic) bond motifs is 2. The lowest BCUT2D eigenvalue weighted by Crippen LogP contribution is -2.31. The maximum absolute atomic E-state index is 12.4. The highest BCUT2D eigenvalue weighted by Crippen LogP contribution is 2.28. The molecule has 1 aromatic carbocycles. The molecule has 1 saturated heterocycles. The smallest absolute Gasteiger partial charge is 0.242 e. The number of anilines is 1. The van der Waals surface area contributed by atoms with Crippen LogP contribution in [-0.2, 0) is 24.2 Å². The van der Waals surface area contributed by atoms with Crippen LogP contribution in [0.15, 0.2) is 12.1 Å². The van der Waals surface area contributed by atoms with Crippen molar-refractivity contribution in [2.24, 2.45) is 0 Å². The Bertz CT molecular complexity index is 728. The molecule has 4 rings (SSSR count). The lowest BCUT2D eigenvalue weighted by molar-refractivity contribution is -0.130. The molecule has 1 fully saturated rings. The number of hydrogen-bond donors (Lipinski definition) is 1. The van der Waals surface area contributed by atoms with Crippen molar-refractivity contribution in [3.8, 4) is 0 Å². The van der Waals surface area contributed by atoms with E-state index in [1.165, 1.54) is 24.0 Å². The zero-order valence-corrected chi connectivity index (χ0v) is 12.8. The van der Waals surface area contributed by atoms with Crippen LogP contribution >= 0.6 is 0 Å². The number of imidazole rings is 1. The predicted molar refractivity (Wildman–Crippen MR) is 86.6 cm³/mol. The molecule has 2 heterocycles. The number of carbonyl (C=O) groups is 1. The van der Waals surface area contributed by atoms with Gasteiger partial charge in [-0.3, -0.25) is 4.79 Å². The van der Waals surface area contributed by atoms with Crippen molar-refractivity contribution in [2.45, 2.75) is 45.1 Å². The number of nitrogens with two attached hydrogens (primary N) is 1. The van der Waals surface area contributed by atoms with Crippen LogP contribution in [0.2, 0.25) is 0 Å². The molecule has 0 saturated carbocycles. The Hall–Kier alpha value is -2.04. The SMILES string of the molecule is Nc1nc2cc3c(cc2n1CC(=O)N1CCCC1)CCCC3. The van der Waals surface area contributed by atoms with Crippen LogP contribution in [0.4, 0.5) is 5.95 Å². The predicted octanol–water partition coefficient (Wildman–Crippen LogP) is 2.12. The molecule has 22 heavy (non-hydrogen) atoms. The molecule has 0 atom stereocenters. The third-order valence-electron chi connectivity index (χ3n) is 4.99. The number of likely N-dealkylation sites (tertiary alicyclic amines) is 1. The molecule has 1 aromatic heterocycles. The number of amides is 1. The molecule has 5 heteroatoms. The first-order chi connectivity index (χ1) is 10.7. The lowest BCUT2D eigenvalue weighted by atomic mass is 9.91. The number of rotatable bonds is 2. The summed E-state index contributed by atoms with van der Waals surface area (Å²) in [5.41, 5.74) is 10.8. The van der Waals surface area contributed by atoms with Gasteiger partial charge in [0, 0.05) is 13.1 Å². The second-order valence-corrected chi connectivity index (χ2v) is 6.46. The van der Waals surface area contributed by atoms with Gasteiger partial charge in [0.2, 0.25) is 11.9 Å². The van der Waals surface area contributed by atoms with Crippen LogP contribution in [0.3, 0.4) is 0 Å². The molecule has 2 aromatic rings. The van der Waals surface area contributed by atoms with Gasteiger partial charge in [0.25, 0.3) is 0 Å². The molecular formula is C17H22N4O. The Balaban J connectivity index is 1.70. The van der Waals surface area contributed by atoms with Crippen LogP contribution in [0.1, 0.15) is 36.8 Å². The molecular weight excluding hydrogens is 276 g/mol. The second kappa shape index (κ2) is 5.30. The fraction of sp³-hybridized carbons (Fsp3) is 0.529. The molecule has 1 amide bonds. The summed E-state index contributed by atoms with van der Waals surface area (Å²) in [6, 6.07) is 4.36. The molecule has 116 valence electrons. The van der Waals surface area contributed by atoms with Gasteiger partial charge in [-0.25, -0.2) is 4.98 Å². The van der Waals surface area contributed by atoms with Gasteiger partial charge in [0.1, 0.15) is 6.54 Å². The summed E-state index contributed by atoms with van der Waals surface area (Å²) >= 11 is 0. The van der Waals surface area contributed by atoms with E-state index in [4.69, 9.17) is 5.73 Å². The molecule has 1 aliphatic heterocycles. The normalized spacial score (nSPS) is 17.9. The van der Waals surface area contributed by atoms with E-state index in [-0.39, 0.29) is 5.91 Å². The number of aryl methyl sites for hydroxylation is 2. The summed E-state index contributed by atoms with van der Waals surface area (Å²) < 4.78 is 1.88. The average molecular weight is 298 g/mol. The first kappa shape index (κ1) is 13.6. The summed E-state index contributed by atoms with van der Waals surface area (Å²) in [5, 5.41) is 0. The van der Waals surface area contributed by atoms with Crippen molar-refractivity contribution in [3.63, 3.8) is 0 Å². The largest absolute Gasteiger partial charge is 0.369 e. The number of benzene rings is 1.